The Morgan fingerprint density at radius 1 is 0.769 bits per heavy atom. The van der Waals surface area contributed by atoms with E-state index in [1.54, 1.807) is 29.5 Å². The van der Waals surface area contributed by atoms with E-state index in [0.29, 0.717) is 11.8 Å². The van der Waals surface area contributed by atoms with Gasteiger partial charge in [-0.05, 0) is 76.8 Å². The third kappa shape index (κ3) is 7.88. The second-order valence-corrected chi connectivity index (χ2v) is 14.5. The van der Waals surface area contributed by atoms with Crippen LogP contribution in [0.25, 0.3) is 54.9 Å². The van der Waals surface area contributed by atoms with Gasteiger partial charge >= 0.3 is 0 Å². The van der Waals surface area contributed by atoms with Crippen LogP contribution in [0.3, 0.4) is 0 Å². The summed E-state index contributed by atoms with van der Waals surface area (Å²) in [4.78, 5) is 9.33. The summed E-state index contributed by atoms with van der Waals surface area (Å²) in [7, 11) is 0. The normalized spacial score (nSPS) is 12.2. The number of hydrogen-bond acceptors (Lipinski definition) is 3. The molecule has 0 amide bonds. The summed E-state index contributed by atoms with van der Waals surface area (Å²) in [6.45, 7) is 10.1. The number of aromatic nitrogens is 3. The molecule has 0 spiro atoms. The van der Waals surface area contributed by atoms with Crippen molar-refractivity contribution in [2.75, 3.05) is 0 Å². The molecule has 3 nitrogen and oxygen atoms in total. The summed E-state index contributed by atoms with van der Waals surface area (Å²) in [5, 5.41) is 4.85. The molecule has 0 aliphatic rings. The van der Waals surface area contributed by atoms with E-state index in [0.717, 1.165) is 34.7 Å². The van der Waals surface area contributed by atoms with Gasteiger partial charge in [-0.25, -0.2) is 0 Å². The fourth-order valence-electron chi connectivity index (χ4n) is 6.73. The predicted molar refractivity (Wildman–Crippen MR) is 217 cm³/mol. The molecule has 0 aliphatic carbocycles. The summed E-state index contributed by atoms with van der Waals surface area (Å²) in [6.07, 6.45) is 1.39. The maximum Gasteiger partial charge on any atom is 0.0770 e. The minimum Gasteiger partial charge on any atom is -0.360 e. The molecule has 0 saturated heterocycles. The number of fused-ring (bicyclic) bond motifs is 2. The average molecular weight is 877 g/mol. The largest absolute Gasteiger partial charge is 0.360 e. The average Bonchev–Trinajstić information content (AvgIpc) is 3.76. The van der Waals surface area contributed by atoms with Crippen LogP contribution in [0.1, 0.15) is 71.5 Å². The third-order valence-electron chi connectivity index (χ3n) is 9.27. The van der Waals surface area contributed by atoms with Crippen LogP contribution in [0.15, 0.2) is 128 Å². The van der Waals surface area contributed by atoms with E-state index in [-0.39, 0.29) is 25.7 Å². The van der Waals surface area contributed by atoms with Crippen LogP contribution in [-0.2, 0) is 26.7 Å². The molecule has 8 aromatic rings. The fraction of sp³-hybridized carbons (Fsp3) is 0.191. The van der Waals surface area contributed by atoms with Crippen molar-refractivity contribution >= 4 is 32.5 Å². The Balaban J connectivity index is 0.000000254. The zero-order chi connectivity index (χ0) is 38.0. The minimum atomic E-state index is -2.09. The van der Waals surface area contributed by atoms with Crippen molar-refractivity contribution in [1.82, 2.24) is 14.5 Å². The van der Waals surface area contributed by atoms with E-state index < -0.39 is 6.85 Å². The van der Waals surface area contributed by atoms with Crippen molar-refractivity contribution in [2.24, 2.45) is 0 Å². The van der Waals surface area contributed by atoms with E-state index in [4.69, 9.17) is 9.10 Å². The number of thiophene rings is 1. The van der Waals surface area contributed by atoms with Crippen LogP contribution in [0.5, 0.6) is 0 Å². The monoisotopic (exact) mass is 877 g/mol. The van der Waals surface area contributed by atoms with Gasteiger partial charge in [0.1, 0.15) is 0 Å². The van der Waals surface area contributed by atoms with Crippen molar-refractivity contribution < 1.29 is 24.2 Å². The van der Waals surface area contributed by atoms with Crippen molar-refractivity contribution in [1.29, 1.82) is 0 Å². The third-order valence-corrected chi connectivity index (χ3v) is 10.2. The summed E-state index contributed by atoms with van der Waals surface area (Å²) < 4.78 is 25.4. The van der Waals surface area contributed by atoms with Crippen molar-refractivity contribution in [3.63, 3.8) is 0 Å². The molecule has 52 heavy (non-hydrogen) atoms. The van der Waals surface area contributed by atoms with Crippen LogP contribution in [0.4, 0.5) is 0 Å². The Morgan fingerprint density at radius 2 is 1.50 bits per heavy atom. The maximum absolute atomic E-state index is 7.23. The molecule has 263 valence electrons. The minimum absolute atomic E-state index is 0. The van der Waals surface area contributed by atoms with E-state index in [1.807, 2.05) is 18.2 Å². The molecule has 3 aromatic heterocycles. The molecule has 5 aromatic carbocycles. The molecular formula is C47H43IrN3S-2. The van der Waals surface area contributed by atoms with Gasteiger partial charge in [-0.1, -0.05) is 134 Å². The number of para-hydroxylation sites is 2. The van der Waals surface area contributed by atoms with Crippen LogP contribution in [0, 0.1) is 25.2 Å². The molecule has 0 atom stereocenters. The Kier molecular flexibility index (Phi) is 10.4. The first-order valence-electron chi connectivity index (χ1n) is 19.0. The summed E-state index contributed by atoms with van der Waals surface area (Å²) in [5.41, 5.74) is 13.2. The number of pyridine rings is 1. The molecule has 8 rings (SSSR count). The first-order valence-corrected chi connectivity index (χ1v) is 18.3. The predicted octanol–water partition coefficient (Wildman–Crippen LogP) is 12.8. The fourth-order valence-corrected chi connectivity index (χ4v) is 7.55. The quantitative estimate of drug-likeness (QED) is 0.149. The Hall–Kier alpha value is -4.67. The van der Waals surface area contributed by atoms with Crippen LogP contribution >= 0.6 is 11.3 Å². The van der Waals surface area contributed by atoms with E-state index in [1.165, 1.54) is 55.2 Å². The van der Waals surface area contributed by atoms with Gasteiger partial charge in [0.2, 0.25) is 0 Å². The van der Waals surface area contributed by atoms with Crippen molar-refractivity contribution in [3.05, 3.63) is 167 Å². The first kappa shape index (κ1) is 33.2. The van der Waals surface area contributed by atoms with Crippen LogP contribution < -0.4 is 0 Å². The summed E-state index contributed by atoms with van der Waals surface area (Å²) in [5.74, 6) is 1.89. The van der Waals surface area contributed by atoms with Crippen molar-refractivity contribution in [3.8, 4) is 33.8 Å². The SMILES string of the molecule is Cc1cc(C(C)C)c(Cn2c(-c3[c-]sc4ccc(-c5ccccc5)cc34)nc3ccccc32)c(C(C)C)c1.[2H]C([2H])([2H])c1ccc(-c2[c-]cccc2)nc1.[Ir]. The van der Waals surface area contributed by atoms with Gasteiger partial charge in [-0.15, -0.1) is 41.3 Å². The Labute approximate surface area is 330 Å². The van der Waals surface area contributed by atoms with Gasteiger partial charge in [0.05, 0.1) is 16.9 Å². The molecule has 3 heterocycles. The topological polar surface area (TPSA) is 30.7 Å². The van der Waals surface area contributed by atoms with Gasteiger partial charge in [0.15, 0.2) is 0 Å². The van der Waals surface area contributed by atoms with Gasteiger partial charge in [-0.2, -0.15) is 0 Å². The first-order chi connectivity index (χ1) is 26.0. The molecule has 0 bridgehead atoms. The standard InChI is InChI=1S/C35H33N2S.C12H10N.Ir/c1-22(2)27-17-24(5)18-28(23(3)4)30(27)20-37-33-14-10-9-13-32(33)36-35(37)31-21-38-34-16-15-26(19-29(31)34)25-11-7-6-8-12-25;1-10-7-8-12(13-9-10)11-5-3-2-4-6-11;/h6-19,22-23H,20H2,1-5H3;2-5,7-9H,1H3;/q2*-1;/i;1D3;. The molecule has 0 saturated carbocycles. The van der Waals surface area contributed by atoms with Crippen molar-refractivity contribution in [2.45, 2.75) is 59.9 Å². The number of nitrogens with zero attached hydrogens (tertiary/aromatic N) is 3. The molecule has 0 unspecified atom stereocenters. The molecule has 0 fully saturated rings. The zero-order valence-electron chi connectivity index (χ0n) is 33.1. The van der Waals surface area contributed by atoms with Gasteiger partial charge < -0.3 is 9.55 Å². The molecular weight excluding hydrogens is 831 g/mol. The molecule has 0 aliphatic heterocycles. The second kappa shape index (κ2) is 16.3. The van der Waals surface area contributed by atoms with E-state index in [2.05, 4.69) is 141 Å². The molecule has 5 heteroatoms. The number of aryl methyl sites for hydroxylation is 2. The second-order valence-electron chi connectivity index (χ2n) is 13.6. The van der Waals surface area contributed by atoms with Crippen LogP contribution in [0.2, 0.25) is 0 Å². The summed E-state index contributed by atoms with van der Waals surface area (Å²) in [6, 6.07) is 44.4. The van der Waals surface area contributed by atoms with Gasteiger partial charge in [-0.3, -0.25) is 16.3 Å². The Bertz CT molecular complexity index is 2490. The maximum atomic E-state index is 7.23. The smallest absolute Gasteiger partial charge is 0.0770 e. The van der Waals surface area contributed by atoms with E-state index in [9.17, 15) is 0 Å². The molecule has 1 radical (unpaired) electrons. The number of hydrogen-bond donors (Lipinski definition) is 0. The number of imidazole rings is 1. The van der Waals surface area contributed by atoms with Gasteiger partial charge in [0.25, 0.3) is 0 Å². The summed E-state index contributed by atoms with van der Waals surface area (Å²) >= 11 is 1.68. The molecule has 0 N–H and O–H groups in total. The van der Waals surface area contributed by atoms with Crippen LogP contribution in [-0.4, -0.2) is 14.5 Å². The van der Waals surface area contributed by atoms with Gasteiger partial charge in [0, 0.05) is 37.0 Å². The number of benzene rings is 5. The zero-order valence-corrected chi connectivity index (χ0v) is 33.3. The number of rotatable bonds is 7. The Morgan fingerprint density at radius 3 is 2.17 bits per heavy atom. The van der Waals surface area contributed by atoms with E-state index >= 15 is 0 Å².